The largest absolute Gasteiger partial charge is 0.364 e. The van der Waals surface area contributed by atoms with Gasteiger partial charge in [-0.1, -0.05) is 62.0 Å². The summed E-state index contributed by atoms with van der Waals surface area (Å²) in [6.45, 7) is 6.06. The molecule has 2 aromatic rings. The highest BCUT2D eigenvalue weighted by Gasteiger charge is 2.23. The second-order valence-electron chi connectivity index (χ2n) is 6.85. The zero-order valence-electron chi connectivity index (χ0n) is 14.5. The van der Waals surface area contributed by atoms with Gasteiger partial charge in [0.05, 0.1) is 11.8 Å². The van der Waals surface area contributed by atoms with E-state index in [1.54, 1.807) is 11.3 Å². The minimum atomic E-state index is -0.102. The number of amidine groups is 1. The van der Waals surface area contributed by atoms with Gasteiger partial charge in [-0.3, -0.25) is 9.79 Å². The van der Waals surface area contributed by atoms with Crippen LogP contribution in [-0.4, -0.2) is 29.9 Å². The van der Waals surface area contributed by atoms with Gasteiger partial charge < -0.3 is 10.6 Å². The number of thiophene rings is 1. The zero-order valence-corrected chi connectivity index (χ0v) is 16.1. The van der Waals surface area contributed by atoms with Crippen molar-refractivity contribution in [1.82, 2.24) is 10.6 Å². The first kappa shape index (κ1) is 18.0. The molecule has 2 N–H and O–H groups in total. The maximum atomic E-state index is 12.5. The highest BCUT2D eigenvalue weighted by Crippen LogP contribution is 2.26. The molecule has 3 rings (SSSR count). The Kier molecular flexibility index (Phi) is 5.81. The van der Waals surface area contributed by atoms with E-state index in [4.69, 9.17) is 0 Å². The number of rotatable bonds is 5. The van der Waals surface area contributed by atoms with Crippen LogP contribution in [0.3, 0.4) is 0 Å². The Hall–Kier alpha value is -1.79. The van der Waals surface area contributed by atoms with Crippen molar-refractivity contribution in [3.8, 4) is 0 Å². The number of nitrogens with zero attached hydrogens (tertiary/aromatic N) is 1. The van der Waals surface area contributed by atoms with Gasteiger partial charge in [0.1, 0.15) is 0 Å². The number of hydrogen-bond acceptors (Lipinski definition) is 5. The van der Waals surface area contributed by atoms with Crippen LogP contribution in [0.1, 0.15) is 30.3 Å². The van der Waals surface area contributed by atoms with E-state index in [0.717, 1.165) is 28.7 Å². The fourth-order valence-electron chi connectivity index (χ4n) is 2.57. The third-order valence-corrected chi connectivity index (χ3v) is 5.87. The summed E-state index contributed by atoms with van der Waals surface area (Å²) in [6.07, 6.45) is 0. The van der Waals surface area contributed by atoms with Crippen LogP contribution in [0.4, 0.5) is 0 Å². The Morgan fingerprint density at radius 3 is 2.76 bits per heavy atom. The number of hydrogen-bond donors (Lipinski definition) is 2. The molecule has 0 saturated carbocycles. The van der Waals surface area contributed by atoms with E-state index >= 15 is 0 Å². The monoisotopic (exact) mass is 373 g/mol. The molecule has 2 heterocycles. The first-order valence-corrected chi connectivity index (χ1v) is 10.2. The average molecular weight is 374 g/mol. The molecule has 1 aromatic carbocycles. The van der Waals surface area contributed by atoms with Crippen LogP contribution in [-0.2, 0) is 4.79 Å². The van der Waals surface area contributed by atoms with Crippen molar-refractivity contribution < 1.29 is 4.79 Å². The Morgan fingerprint density at radius 2 is 2.12 bits per heavy atom. The molecule has 1 atom stereocenters. The molecule has 1 aliphatic heterocycles. The van der Waals surface area contributed by atoms with Crippen molar-refractivity contribution in [1.29, 1.82) is 0 Å². The van der Waals surface area contributed by atoms with E-state index < -0.39 is 0 Å². The van der Waals surface area contributed by atoms with E-state index in [1.165, 1.54) is 11.8 Å². The predicted molar refractivity (Wildman–Crippen MR) is 107 cm³/mol. The smallest absolute Gasteiger partial charge is 0.231 e. The minimum absolute atomic E-state index is 0.0154. The minimum Gasteiger partial charge on any atom is -0.364 e. The van der Waals surface area contributed by atoms with Crippen molar-refractivity contribution in [3.05, 3.63) is 58.3 Å². The van der Waals surface area contributed by atoms with Crippen LogP contribution in [0.25, 0.3) is 0 Å². The van der Waals surface area contributed by atoms with Gasteiger partial charge in [0.25, 0.3) is 0 Å². The molecule has 0 bridgehead atoms. The molecular weight excluding hydrogens is 350 g/mol. The number of nitrogens with one attached hydrogen (secondary N) is 2. The van der Waals surface area contributed by atoms with E-state index in [1.807, 2.05) is 41.8 Å². The summed E-state index contributed by atoms with van der Waals surface area (Å²) in [6, 6.07) is 14.1. The highest BCUT2D eigenvalue weighted by molar-refractivity contribution is 8.14. The predicted octanol–water partition coefficient (Wildman–Crippen LogP) is 3.67. The van der Waals surface area contributed by atoms with E-state index in [-0.39, 0.29) is 17.4 Å². The SMILES string of the molecule is CC1(C)CN=C(SCC(=O)N[C@H](c2ccccc2)c2cccs2)NC1. The molecule has 25 heavy (non-hydrogen) atoms. The Morgan fingerprint density at radius 1 is 1.32 bits per heavy atom. The number of aliphatic imine (C=N–C) groups is 1. The van der Waals surface area contributed by atoms with Crippen LogP contribution < -0.4 is 10.6 Å². The average Bonchev–Trinajstić information content (AvgIpc) is 3.14. The molecular formula is C19H23N3OS2. The summed E-state index contributed by atoms with van der Waals surface area (Å²) in [5, 5.41) is 9.37. The maximum Gasteiger partial charge on any atom is 0.231 e. The Balaban J connectivity index is 1.61. The van der Waals surface area contributed by atoms with Gasteiger partial charge in [0.15, 0.2) is 5.17 Å². The quantitative estimate of drug-likeness (QED) is 0.841. The zero-order chi connectivity index (χ0) is 17.7. The summed E-state index contributed by atoms with van der Waals surface area (Å²) < 4.78 is 0. The summed E-state index contributed by atoms with van der Waals surface area (Å²) in [5.74, 6) is 0.377. The fourth-order valence-corrected chi connectivity index (χ4v) is 4.05. The van der Waals surface area contributed by atoms with Crippen LogP contribution in [0, 0.1) is 5.41 Å². The third kappa shape index (κ3) is 5.09. The molecule has 0 radical (unpaired) electrons. The number of carbonyl (C=O) groups excluding carboxylic acids is 1. The van der Waals surface area contributed by atoms with Crippen molar-refractivity contribution >= 4 is 34.2 Å². The molecule has 1 aliphatic rings. The standard InChI is InChI=1S/C19H23N3OS2/c1-19(2)12-20-18(21-13-19)25-11-16(23)22-17(15-9-6-10-24-15)14-7-4-3-5-8-14/h3-10,17H,11-13H2,1-2H3,(H,20,21)(H,22,23)/t17-/m1/s1. The van der Waals surface area contributed by atoms with Crippen molar-refractivity contribution in [2.45, 2.75) is 19.9 Å². The molecule has 1 amide bonds. The summed E-state index contributed by atoms with van der Waals surface area (Å²) in [7, 11) is 0. The molecule has 0 spiro atoms. The molecule has 132 valence electrons. The number of amides is 1. The van der Waals surface area contributed by atoms with Crippen molar-refractivity contribution in [2.24, 2.45) is 10.4 Å². The lowest BCUT2D eigenvalue weighted by Crippen LogP contribution is -2.40. The number of carbonyl (C=O) groups is 1. The number of thioether (sulfide) groups is 1. The molecule has 6 heteroatoms. The van der Waals surface area contributed by atoms with Gasteiger partial charge in [0, 0.05) is 23.4 Å². The van der Waals surface area contributed by atoms with Crippen LogP contribution >= 0.6 is 23.1 Å². The van der Waals surface area contributed by atoms with E-state index in [0.29, 0.717) is 5.75 Å². The van der Waals surface area contributed by atoms with Crippen molar-refractivity contribution in [3.63, 3.8) is 0 Å². The molecule has 0 fully saturated rings. The summed E-state index contributed by atoms with van der Waals surface area (Å²) in [5.41, 5.74) is 1.28. The van der Waals surface area contributed by atoms with E-state index in [9.17, 15) is 4.79 Å². The fraction of sp³-hybridized carbons (Fsp3) is 0.368. The Labute approximate surface area is 157 Å². The summed E-state index contributed by atoms with van der Waals surface area (Å²) >= 11 is 3.13. The molecule has 1 aromatic heterocycles. The first-order chi connectivity index (χ1) is 12.0. The molecule has 0 unspecified atom stereocenters. The highest BCUT2D eigenvalue weighted by atomic mass is 32.2. The van der Waals surface area contributed by atoms with Crippen LogP contribution in [0.5, 0.6) is 0 Å². The van der Waals surface area contributed by atoms with Gasteiger partial charge in [-0.25, -0.2) is 0 Å². The topological polar surface area (TPSA) is 53.5 Å². The normalized spacial score (nSPS) is 17.3. The molecule has 4 nitrogen and oxygen atoms in total. The van der Waals surface area contributed by atoms with Gasteiger partial charge in [-0.05, 0) is 17.0 Å². The lowest BCUT2D eigenvalue weighted by atomic mass is 9.93. The number of benzene rings is 1. The van der Waals surface area contributed by atoms with Crippen LogP contribution in [0.2, 0.25) is 0 Å². The maximum absolute atomic E-state index is 12.5. The van der Waals surface area contributed by atoms with E-state index in [2.05, 4.69) is 35.5 Å². The van der Waals surface area contributed by atoms with Gasteiger partial charge in [-0.2, -0.15) is 0 Å². The second kappa shape index (κ2) is 8.06. The lowest BCUT2D eigenvalue weighted by molar-refractivity contribution is -0.119. The van der Waals surface area contributed by atoms with Gasteiger partial charge in [-0.15, -0.1) is 11.3 Å². The second-order valence-corrected chi connectivity index (χ2v) is 8.80. The van der Waals surface area contributed by atoms with Crippen LogP contribution in [0.15, 0.2) is 52.8 Å². The van der Waals surface area contributed by atoms with Gasteiger partial charge >= 0.3 is 0 Å². The van der Waals surface area contributed by atoms with Gasteiger partial charge in [0.2, 0.25) is 5.91 Å². The first-order valence-electron chi connectivity index (χ1n) is 8.32. The van der Waals surface area contributed by atoms with Crippen molar-refractivity contribution in [2.75, 3.05) is 18.8 Å². The summed E-state index contributed by atoms with van der Waals surface area (Å²) in [4.78, 5) is 18.2. The molecule has 0 saturated heterocycles. The Bertz CT molecular complexity index is 726. The lowest BCUT2D eigenvalue weighted by Gasteiger charge is -2.28. The third-order valence-electron chi connectivity index (χ3n) is 3.97. The molecule has 0 aliphatic carbocycles.